The van der Waals surface area contributed by atoms with Gasteiger partial charge in [0.25, 0.3) is 0 Å². The number of likely N-dealkylation sites (tertiary alicyclic amines) is 1. The molecule has 0 atom stereocenters. The Kier molecular flexibility index (Phi) is 4.14. The largest absolute Gasteiger partial charge is 0.476 e. The van der Waals surface area contributed by atoms with Gasteiger partial charge in [-0.25, -0.2) is 4.98 Å². The second kappa shape index (κ2) is 5.82. The number of hydrogen-bond donors (Lipinski definition) is 1. The van der Waals surface area contributed by atoms with E-state index < -0.39 is 0 Å². The van der Waals surface area contributed by atoms with E-state index in [2.05, 4.69) is 14.9 Å². The van der Waals surface area contributed by atoms with Crippen LogP contribution in [0, 0.1) is 0 Å². The molecule has 1 aromatic rings. The van der Waals surface area contributed by atoms with Crippen molar-refractivity contribution >= 4 is 5.82 Å². The van der Waals surface area contributed by atoms with Gasteiger partial charge in [-0.15, -0.1) is 0 Å². The molecule has 5 heteroatoms. The standard InChI is InChI=1S/C12H20N4O/c1-2-11-14-10(13)9-12(15-11)17-8-7-16-5-3-4-6-16/h9H,2-8H2,1H3,(H2,13,14,15). The van der Waals surface area contributed by atoms with Crippen molar-refractivity contribution in [2.24, 2.45) is 0 Å². The lowest BCUT2D eigenvalue weighted by Crippen LogP contribution is -2.25. The van der Waals surface area contributed by atoms with Gasteiger partial charge in [0.1, 0.15) is 18.2 Å². The van der Waals surface area contributed by atoms with E-state index >= 15 is 0 Å². The third-order valence-electron chi connectivity index (χ3n) is 2.94. The average Bonchev–Trinajstić information content (AvgIpc) is 2.81. The summed E-state index contributed by atoms with van der Waals surface area (Å²) in [6.45, 7) is 6.01. The molecule has 1 fully saturated rings. The monoisotopic (exact) mass is 236 g/mol. The van der Waals surface area contributed by atoms with Gasteiger partial charge in [0.15, 0.2) is 0 Å². The van der Waals surface area contributed by atoms with Gasteiger partial charge < -0.3 is 10.5 Å². The van der Waals surface area contributed by atoms with Crippen molar-refractivity contribution < 1.29 is 4.74 Å². The first-order chi connectivity index (χ1) is 8.28. The first kappa shape index (κ1) is 12.1. The Hall–Kier alpha value is -1.36. The molecule has 0 unspecified atom stereocenters. The number of nitrogen functional groups attached to an aromatic ring is 1. The molecule has 0 aromatic carbocycles. The zero-order valence-corrected chi connectivity index (χ0v) is 10.4. The van der Waals surface area contributed by atoms with Crippen molar-refractivity contribution in [1.82, 2.24) is 14.9 Å². The van der Waals surface area contributed by atoms with Crippen LogP contribution in [0.25, 0.3) is 0 Å². The maximum atomic E-state index is 5.69. The van der Waals surface area contributed by atoms with E-state index in [1.54, 1.807) is 6.07 Å². The van der Waals surface area contributed by atoms with Crippen LogP contribution in [0.15, 0.2) is 6.07 Å². The van der Waals surface area contributed by atoms with Gasteiger partial charge in [-0.3, -0.25) is 4.90 Å². The molecule has 0 radical (unpaired) electrons. The number of nitrogens with zero attached hydrogens (tertiary/aromatic N) is 3. The van der Waals surface area contributed by atoms with Crippen LogP contribution in [0.1, 0.15) is 25.6 Å². The van der Waals surface area contributed by atoms with Crippen LogP contribution in [0.4, 0.5) is 5.82 Å². The lowest BCUT2D eigenvalue weighted by atomic mass is 10.4. The maximum Gasteiger partial charge on any atom is 0.218 e. The minimum Gasteiger partial charge on any atom is -0.476 e. The molecule has 2 heterocycles. The van der Waals surface area contributed by atoms with Crippen LogP contribution >= 0.6 is 0 Å². The number of anilines is 1. The highest BCUT2D eigenvalue weighted by Crippen LogP contribution is 2.12. The molecule has 1 saturated heterocycles. The molecule has 0 aliphatic carbocycles. The van der Waals surface area contributed by atoms with Crippen LogP contribution in [0.5, 0.6) is 5.88 Å². The fourth-order valence-corrected chi connectivity index (χ4v) is 2.01. The zero-order valence-electron chi connectivity index (χ0n) is 10.4. The molecule has 2 rings (SSSR count). The number of nitrogens with two attached hydrogens (primary N) is 1. The molecule has 0 bridgehead atoms. The SMILES string of the molecule is CCc1nc(N)cc(OCCN2CCCC2)n1. The predicted molar refractivity (Wildman–Crippen MR) is 67.0 cm³/mol. The van der Waals surface area contributed by atoms with Gasteiger partial charge in [-0.1, -0.05) is 6.92 Å². The molecule has 5 nitrogen and oxygen atoms in total. The minimum atomic E-state index is 0.480. The first-order valence-electron chi connectivity index (χ1n) is 6.26. The van der Waals surface area contributed by atoms with Crippen molar-refractivity contribution in [3.63, 3.8) is 0 Å². The third kappa shape index (κ3) is 3.56. The highest BCUT2D eigenvalue weighted by Gasteiger charge is 2.11. The smallest absolute Gasteiger partial charge is 0.218 e. The van der Waals surface area contributed by atoms with Crippen LogP contribution in [-0.2, 0) is 6.42 Å². The van der Waals surface area contributed by atoms with Crippen LogP contribution in [0.3, 0.4) is 0 Å². The summed E-state index contributed by atoms with van der Waals surface area (Å²) in [4.78, 5) is 10.8. The van der Waals surface area contributed by atoms with E-state index in [0.717, 1.165) is 18.8 Å². The van der Waals surface area contributed by atoms with Crippen molar-refractivity contribution in [3.8, 4) is 5.88 Å². The Morgan fingerprint density at radius 1 is 1.35 bits per heavy atom. The van der Waals surface area contributed by atoms with E-state index in [4.69, 9.17) is 10.5 Å². The van der Waals surface area contributed by atoms with E-state index in [-0.39, 0.29) is 0 Å². The van der Waals surface area contributed by atoms with Crippen molar-refractivity contribution in [3.05, 3.63) is 11.9 Å². The lowest BCUT2D eigenvalue weighted by molar-refractivity contribution is 0.231. The molecule has 1 aliphatic rings. The summed E-state index contributed by atoms with van der Waals surface area (Å²) in [6, 6.07) is 1.68. The molecule has 1 aliphatic heterocycles. The Morgan fingerprint density at radius 3 is 2.82 bits per heavy atom. The fourth-order valence-electron chi connectivity index (χ4n) is 2.01. The number of hydrogen-bond acceptors (Lipinski definition) is 5. The van der Waals surface area contributed by atoms with Crippen LogP contribution < -0.4 is 10.5 Å². The highest BCUT2D eigenvalue weighted by molar-refractivity contribution is 5.32. The number of ether oxygens (including phenoxy) is 1. The number of aryl methyl sites for hydroxylation is 1. The number of rotatable bonds is 5. The van der Waals surface area contributed by atoms with E-state index in [9.17, 15) is 0 Å². The molecule has 0 saturated carbocycles. The molecule has 0 amide bonds. The van der Waals surface area contributed by atoms with Crippen molar-refractivity contribution in [1.29, 1.82) is 0 Å². The zero-order chi connectivity index (χ0) is 12.1. The second-order valence-corrected chi connectivity index (χ2v) is 4.30. The second-order valence-electron chi connectivity index (χ2n) is 4.30. The van der Waals surface area contributed by atoms with Gasteiger partial charge in [-0.2, -0.15) is 4.98 Å². The van der Waals surface area contributed by atoms with Gasteiger partial charge in [0.2, 0.25) is 5.88 Å². The Balaban J connectivity index is 1.83. The fraction of sp³-hybridized carbons (Fsp3) is 0.667. The minimum absolute atomic E-state index is 0.480. The van der Waals surface area contributed by atoms with E-state index in [1.165, 1.54) is 25.9 Å². The van der Waals surface area contributed by atoms with Crippen LogP contribution in [0.2, 0.25) is 0 Å². The maximum absolute atomic E-state index is 5.69. The summed E-state index contributed by atoms with van der Waals surface area (Å²) in [7, 11) is 0. The predicted octanol–water partition coefficient (Wildman–Crippen LogP) is 1.10. The van der Waals surface area contributed by atoms with Crippen molar-refractivity contribution in [2.45, 2.75) is 26.2 Å². The molecular formula is C12H20N4O. The molecule has 17 heavy (non-hydrogen) atoms. The van der Waals surface area contributed by atoms with Gasteiger partial charge >= 0.3 is 0 Å². The third-order valence-corrected chi connectivity index (χ3v) is 2.94. The van der Waals surface area contributed by atoms with Crippen LogP contribution in [-0.4, -0.2) is 41.1 Å². The van der Waals surface area contributed by atoms with E-state index in [1.807, 2.05) is 6.92 Å². The summed E-state index contributed by atoms with van der Waals surface area (Å²) in [5.41, 5.74) is 5.69. The first-order valence-corrected chi connectivity index (χ1v) is 6.26. The summed E-state index contributed by atoms with van der Waals surface area (Å²) in [5.74, 6) is 1.81. The highest BCUT2D eigenvalue weighted by atomic mass is 16.5. The topological polar surface area (TPSA) is 64.3 Å². The van der Waals surface area contributed by atoms with Gasteiger partial charge in [-0.05, 0) is 25.9 Å². The summed E-state index contributed by atoms with van der Waals surface area (Å²) in [5, 5.41) is 0. The molecule has 0 spiro atoms. The summed E-state index contributed by atoms with van der Waals surface area (Å²) >= 11 is 0. The molecular weight excluding hydrogens is 216 g/mol. The van der Waals surface area contributed by atoms with E-state index in [0.29, 0.717) is 18.3 Å². The average molecular weight is 236 g/mol. The molecule has 1 aromatic heterocycles. The summed E-state index contributed by atoms with van der Waals surface area (Å²) < 4.78 is 5.62. The van der Waals surface area contributed by atoms with Gasteiger partial charge in [0.05, 0.1) is 0 Å². The Morgan fingerprint density at radius 2 is 2.12 bits per heavy atom. The number of aromatic nitrogens is 2. The van der Waals surface area contributed by atoms with Gasteiger partial charge in [0, 0.05) is 19.0 Å². The molecule has 94 valence electrons. The Labute approximate surface area is 102 Å². The lowest BCUT2D eigenvalue weighted by Gasteiger charge is -2.14. The normalized spacial score (nSPS) is 16.3. The quantitative estimate of drug-likeness (QED) is 0.829. The summed E-state index contributed by atoms with van der Waals surface area (Å²) in [6.07, 6.45) is 3.38. The Bertz CT molecular complexity index is 364. The molecule has 2 N–H and O–H groups in total. The van der Waals surface area contributed by atoms with Crippen molar-refractivity contribution in [2.75, 3.05) is 32.0 Å².